The molecule has 1 aromatic heterocycles. The van der Waals surface area contributed by atoms with Gasteiger partial charge in [0.1, 0.15) is 0 Å². The molecule has 0 atom stereocenters. The highest BCUT2D eigenvalue weighted by Crippen LogP contribution is 2.18. The number of carbonyl (C=O) groups excluding carboxylic acids is 1. The second kappa shape index (κ2) is 5.16. The molecule has 2 heterocycles. The molecule has 5 nitrogen and oxygen atoms in total. The first-order valence-electron chi connectivity index (χ1n) is 5.37. The van der Waals surface area contributed by atoms with Crippen LogP contribution < -0.4 is 4.90 Å². The monoisotopic (exact) mass is 241 g/mol. The molecule has 0 aliphatic carbocycles. The fourth-order valence-electron chi connectivity index (χ4n) is 1.67. The largest absolute Gasteiger partial charge is 0.450 e. The lowest BCUT2D eigenvalue weighted by molar-refractivity contribution is 0.105. The van der Waals surface area contributed by atoms with Crippen molar-refractivity contribution in [3.63, 3.8) is 0 Å². The van der Waals surface area contributed by atoms with Crippen molar-refractivity contribution in [3.05, 3.63) is 11.6 Å². The van der Waals surface area contributed by atoms with Crippen LogP contribution >= 0.6 is 11.3 Å². The second-order valence-corrected chi connectivity index (χ2v) is 4.36. The topological polar surface area (TPSA) is 45.7 Å². The number of hydrogen-bond donors (Lipinski definition) is 0. The highest BCUT2D eigenvalue weighted by Gasteiger charge is 2.22. The predicted molar refractivity (Wildman–Crippen MR) is 62.9 cm³/mol. The summed E-state index contributed by atoms with van der Waals surface area (Å²) in [5.74, 6) is 0. The molecule has 16 heavy (non-hydrogen) atoms. The smallest absolute Gasteiger partial charge is 0.409 e. The van der Waals surface area contributed by atoms with Crippen molar-refractivity contribution < 1.29 is 9.53 Å². The molecule has 0 saturated carbocycles. The number of hydrogen-bond acceptors (Lipinski definition) is 5. The third kappa shape index (κ3) is 2.44. The number of carbonyl (C=O) groups is 1. The maximum Gasteiger partial charge on any atom is 0.409 e. The molecular weight excluding hydrogens is 226 g/mol. The van der Waals surface area contributed by atoms with Crippen LogP contribution in [0.5, 0.6) is 0 Å². The van der Waals surface area contributed by atoms with Gasteiger partial charge in [0.2, 0.25) is 0 Å². The Labute approximate surface area is 98.6 Å². The average molecular weight is 241 g/mol. The van der Waals surface area contributed by atoms with Gasteiger partial charge >= 0.3 is 6.09 Å². The summed E-state index contributed by atoms with van der Waals surface area (Å²) < 4.78 is 4.96. The first-order chi connectivity index (χ1) is 7.81. The SMILES string of the molecule is CCOC(=O)N1CCN(c2nccs2)CC1. The lowest BCUT2D eigenvalue weighted by atomic mass is 10.3. The van der Waals surface area contributed by atoms with Gasteiger partial charge in [0.25, 0.3) is 0 Å². The molecule has 0 unspecified atom stereocenters. The van der Waals surface area contributed by atoms with Crippen molar-refractivity contribution in [2.75, 3.05) is 37.7 Å². The highest BCUT2D eigenvalue weighted by atomic mass is 32.1. The number of rotatable bonds is 2. The Morgan fingerprint density at radius 2 is 2.25 bits per heavy atom. The third-order valence-electron chi connectivity index (χ3n) is 2.50. The van der Waals surface area contributed by atoms with Crippen LogP contribution in [0.1, 0.15) is 6.92 Å². The van der Waals surface area contributed by atoms with Crippen LogP contribution in [0.2, 0.25) is 0 Å². The van der Waals surface area contributed by atoms with E-state index >= 15 is 0 Å². The zero-order chi connectivity index (χ0) is 11.4. The molecule has 0 radical (unpaired) electrons. The van der Waals surface area contributed by atoms with E-state index in [2.05, 4.69) is 9.88 Å². The highest BCUT2D eigenvalue weighted by molar-refractivity contribution is 7.13. The van der Waals surface area contributed by atoms with E-state index in [4.69, 9.17) is 4.74 Å². The van der Waals surface area contributed by atoms with Crippen LogP contribution in [-0.2, 0) is 4.74 Å². The van der Waals surface area contributed by atoms with Crippen LogP contribution in [0.15, 0.2) is 11.6 Å². The number of aromatic nitrogens is 1. The zero-order valence-electron chi connectivity index (χ0n) is 9.26. The first-order valence-corrected chi connectivity index (χ1v) is 6.25. The molecular formula is C10H15N3O2S. The van der Waals surface area contributed by atoms with Gasteiger partial charge in [-0.3, -0.25) is 0 Å². The fourth-order valence-corrected chi connectivity index (χ4v) is 2.36. The molecule has 0 aromatic carbocycles. The Morgan fingerprint density at radius 3 is 2.81 bits per heavy atom. The average Bonchev–Trinajstić information content (AvgIpc) is 2.83. The van der Waals surface area contributed by atoms with Gasteiger partial charge in [0.15, 0.2) is 5.13 Å². The Morgan fingerprint density at radius 1 is 1.50 bits per heavy atom. The van der Waals surface area contributed by atoms with Gasteiger partial charge in [-0.05, 0) is 6.92 Å². The van der Waals surface area contributed by atoms with Crippen LogP contribution in [0.4, 0.5) is 9.93 Å². The minimum atomic E-state index is -0.207. The van der Waals surface area contributed by atoms with Crippen molar-refractivity contribution >= 4 is 22.6 Å². The number of anilines is 1. The molecule has 1 amide bonds. The van der Waals surface area contributed by atoms with Crippen molar-refractivity contribution in [3.8, 4) is 0 Å². The standard InChI is InChI=1S/C10H15N3O2S/c1-2-15-10(14)13-6-4-12(5-7-13)9-11-3-8-16-9/h3,8H,2,4-7H2,1H3. The first kappa shape index (κ1) is 11.2. The van der Waals surface area contributed by atoms with Gasteiger partial charge in [0, 0.05) is 37.8 Å². The summed E-state index contributed by atoms with van der Waals surface area (Å²) in [6.45, 7) is 5.32. The quantitative estimate of drug-likeness (QED) is 0.785. The van der Waals surface area contributed by atoms with Gasteiger partial charge in [-0.15, -0.1) is 11.3 Å². The summed E-state index contributed by atoms with van der Waals surface area (Å²) in [4.78, 5) is 19.7. The van der Waals surface area contributed by atoms with Crippen LogP contribution in [0.25, 0.3) is 0 Å². The molecule has 6 heteroatoms. The van der Waals surface area contributed by atoms with E-state index in [0.29, 0.717) is 19.7 Å². The number of amides is 1. The van der Waals surface area contributed by atoms with Gasteiger partial charge in [-0.2, -0.15) is 0 Å². The van der Waals surface area contributed by atoms with Gasteiger partial charge in [-0.1, -0.05) is 0 Å². The Bertz CT molecular complexity index is 334. The molecule has 1 fully saturated rings. The number of ether oxygens (including phenoxy) is 1. The maximum atomic E-state index is 11.5. The van der Waals surface area contributed by atoms with E-state index in [1.54, 1.807) is 22.4 Å². The van der Waals surface area contributed by atoms with E-state index < -0.39 is 0 Å². The lowest BCUT2D eigenvalue weighted by Gasteiger charge is -2.33. The van der Waals surface area contributed by atoms with Crippen LogP contribution in [-0.4, -0.2) is 48.8 Å². The zero-order valence-corrected chi connectivity index (χ0v) is 10.1. The number of piperazine rings is 1. The summed E-state index contributed by atoms with van der Waals surface area (Å²) >= 11 is 1.63. The minimum absolute atomic E-state index is 0.207. The van der Waals surface area contributed by atoms with Gasteiger partial charge in [-0.25, -0.2) is 9.78 Å². The number of nitrogens with zero attached hydrogens (tertiary/aromatic N) is 3. The van der Waals surface area contributed by atoms with Crippen molar-refractivity contribution in [2.45, 2.75) is 6.92 Å². The van der Waals surface area contributed by atoms with Crippen LogP contribution in [0, 0.1) is 0 Å². The maximum absolute atomic E-state index is 11.5. The van der Waals surface area contributed by atoms with Crippen LogP contribution in [0.3, 0.4) is 0 Å². The minimum Gasteiger partial charge on any atom is -0.450 e. The lowest BCUT2D eigenvalue weighted by Crippen LogP contribution is -2.48. The van der Waals surface area contributed by atoms with Gasteiger partial charge < -0.3 is 14.5 Å². The van der Waals surface area contributed by atoms with Crippen molar-refractivity contribution in [1.82, 2.24) is 9.88 Å². The van der Waals surface area contributed by atoms with E-state index in [1.165, 1.54) is 0 Å². The summed E-state index contributed by atoms with van der Waals surface area (Å²) in [7, 11) is 0. The Balaban J connectivity index is 1.85. The molecule has 1 saturated heterocycles. The van der Waals surface area contributed by atoms with E-state index in [0.717, 1.165) is 18.2 Å². The van der Waals surface area contributed by atoms with Crippen molar-refractivity contribution in [2.24, 2.45) is 0 Å². The predicted octanol–water partition coefficient (Wildman–Crippen LogP) is 1.42. The molecule has 2 rings (SSSR count). The number of thiazole rings is 1. The molecule has 1 aliphatic heterocycles. The molecule has 0 bridgehead atoms. The normalized spacial score (nSPS) is 16.3. The summed E-state index contributed by atoms with van der Waals surface area (Å²) in [5, 5.41) is 3.00. The Hall–Kier alpha value is -1.30. The van der Waals surface area contributed by atoms with E-state index in [9.17, 15) is 4.79 Å². The molecule has 88 valence electrons. The Kier molecular flexibility index (Phi) is 3.61. The molecule has 1 aliphatic rings. The second-order valence-electron chi connectivity index (χ2n) is 3.49. The van der Waals surface area contributed by atoms with E-state index in [1.807, 2.05) is 12.3 Å². The summed E-state index contributed by atoms with van der Waals surface area (Å²) in [6.07, 6.45) is 1.60. The van der Waals surface area contributed by atoms with Crippen molar-refractivity contribution in [1.29, 1.82) is 0 Å². The summed E-state index contributed by atoms with van der Waals surface area (Å²) in [6, 6.07) is 0. The molecule has 0 N–H and O–H groups in total. The van der Waals surface area contributed by atoms with E-state index in [-0.39, 0.29) is 6.09 Å². The fraction of sp³-hybridized carbons (Fsp3) is 0.600. The van der Waals surface area contributed by atoms with Gasteiger partial charge in [0.05, 0.1) is 6.61 Å². The third-order valence-corrected chi connectivity index (χ3v) is 3.33. The summed E-state index contributed by atoms with van der Waals surface area (Å²) in [5.41, 5.74) is 0. The molecule has 0 spiro atoms. The molecule has 1 aromatic rings.